The molecule has 0 saturated heterocycles. The molecule has 0 saturated carbocycles. The maximum Gasteiger partial charge on any atom is 0.145 e. The third-order valence-electron chi connectivity index (χ3n) is 1.44. The van der Waals surface area contributed by atoms with Crippen LogP contribution in [-0.4, -0.2) is 21.0 Å². The Morgan fingerprint density at radius 3 is 3.00 bits per heavy atom. The Morgan fingerprint density at radius 2 is 2.55 bits per heavy atom. The van der Waals surface area contributed by atoms with Crippen LogP contribution in [0.4, 0.5) is 5.82 Å². The summed E-state index contributed by atoms with van der Waals surface area (Å²) in [6.07, 6.45) is 2.24. The second kappa shape index (κ2) is 3.39. The summed E-state index contributed by atoms with van der Waals surface area (Å²) in [6, 6.07) is 1.74. The number of anilines is 1. The highest BCUT2D eigenvalue weighted by atomic mass is 16.3. The summed E-state index contributed by atoms with van der Waals surface area (Å²) < 4.78 is 1.72. The highest BCUT2D eigenvalue weighted by Crippen LogP contribution is 1.98. The Bertz CT molecular complexity index is 219. The minimum atomic E-state index is -0.277. The zero-order chi connectivity index (χ0) is 8.27. The molecule has 0 amide bonds. The lowest BCUT2D eigenvalue weighted by atomic mass is 10.3. The quantitative estimate of drug-likeness (QED) is 0.657. The van der Waals surface area contributed by atoms with Crippen LogP contribution in [0.15, 0.2) is 12.3 Å². The summed E-state index contributed by atoms with van der Waals surface area (Å²) in [5.41, 5.74) is 5.39. The van der Waals surface area contributed by atoms with Crippen LogP contribution < -0.4 is 5.73 Å². The van der Waals surface area contributed by atoms with Crippen molar-refractivity contribution in [3.05, 3.63) is 12.3 Å². The van der Waals surface area contributed by atoms with E-state index in [2.05, 4.69) is 5.10 Å². The molecule has 0 aliphatic rings. The third kappa shape index (κ3) is 2.59. The van der Waals surface area contributed by atoms with Gasteiger partial charge in [-0.15, -0.1) is 0 Å². The smallest absolute Gasteiger partial charge is 0.145 e. The molecule has 3 N–H and O–H groups in total. The predicted octanol–water partition coefficient (Wildman–Crippen LogP) is 0.236. The summed E-state index contributed by atoms with van der Waals surface area (Å²) >= 11 is 0. The van der Waals surface area contributed by atoms with Gasteiger partial charge >= 0.3 is 0 Å². The summed E-state index contributed by atoms with van der Waals surface area (Å²) in [4.78, 5) is 0. The molecular formula is C7H13N3O. The normalized spacial score (nSPS) is 13.3. The van der Waals surface area contributed by atoms with Crippen molar-refractivity contribution in [2.24, 2.45) is 0 Å². The highest BCUT2D eigenvalue weighted by molar-refractivity contribution is 5.23. The molecule has 1 rings (SSSR count). The second-order valence-corrected chi connectivity index (χ2v) is 2.64. The van der Waals surface area contributed by atoms with Crippen molar-refractivity contribution in [1.29, 1.82) is 0 Å². The summed E-state index contributed by atoms with van der Waals surface area (Å²) in [7, 11) is 0. The lowest BCUT2D eigenvalue weighted by molar-refractivity contribution is 0.176. The number of nitrogen functional groups attached to an aromatic ring is 1. The number of hydrogen-bond donors (Lipinski definition) is 2. The summed E-state index contributed by atoms with van der Waals surface area (Å²) in [5, 5.41) is 12.9. The van der Waals surface area contributed by atoms with Crippen molar-refractivity contribution in [3.8, 4) is 0 Å². The summed E-state index contributed by atoms with van der Waals surface area (Å²) in [5.74, 6) is 0.524. The first-order valence-corrected chi connectivity index (χ1v) is 3.65. The fourth-order valence-corrected chi connectivity index (χ4v) is 0.821. The van der Waals surface area contributed by atoms with Gasteiger partial charge in [-0.05, 0) is 19.4 Å². The van der Waals surface area contributed by atoms with Crippen LogP contribution in [0.3, 0.4) is 0 Å². The molecule has 0 aromatic carbocycles. The molecule has 4 nitrogen and oxygen atoms in total. The first-order chi connectivity index (χ1) is 5.18. The first-order valence-electron chi connectivity index (χ1n) is 3.65. The van der Waals surface area contributed by atoms with Crippen LogP contribution in [0.1, 0.15) is 13.3 Å². The van der Waals surface area contributed by atoms with Gasteiger partial charge in [0.15, 0.2) is 0 Å². The number of aliphatic hydroxyl groups excluding tert-OH is 1. The van der Waals surface area contributed by atoms with Crippen molar-refractivity contribution >= 4 is 5.82 Å². The molecule has 4 heteroatoms. The predicted molar refractivity (Wildman–Crippen MR) is 42.9 cm³/mol. The summed E-state index contributed by atoms with van der Waals surface area (Å²) in [6.45, 7) is 2.47. The van der Waals surface area contributed by atoms with E-state index < -0.39 is 0 Å². The van der Waals surface area contributed by atoms with E-state index in [1.54, 1.807) is 23.9 Å². The topological polar surface area (TPSA) is 64.1 Å². The lowest BCUT2D eigenvalue weighted by Gasteiger charge is -2.02. The van der Waals surface area contributed by atoms with Gasteiger partial charge in [-0.2, -0.15) is 5.10 Å². The maximum absolute atomic E-state index is 8.95. The minimum absolute atomic E-state index is 0.277. The van der Waals surface area contributed by atoms with Crippen molar-refractivity contribution in [2.45, 2.75) is 26.0 Å². The number of nitrogens with two attached hydrogens (primary N) is 1. The molecule has 0 spiro atoms. The van der Waals surface area contributed by atoms with Gasteiger partial charge in [0.2, 0.25) is 0 Å². The Hall–Kier alpha value is -1.03. The van der Waals surface area contributed by atoms with E-state index in [1.807, 2.05) is 0 Å². The van der Waals surface area contributed by atoms with Crippen molar-refractivity contribution in [3.63, 3.8) is 0 Å². The number of nitrogens with zero attached hydrogens (tertiary/aromatic N) is 2. The Kier molecular flexibility index (Phi) is 2.48. The fourth-order valence-electron chi connectivity index (χ4n) is 0.821. The van der Waals surface area contributed by atoms with Gasteiger partial charge in [-0.3, -0.25) is 4.68 Å². The van der Waals surface area contributed by atoms with Gasteiger partial charge in [0.1, 0.15) is 5.82 Å². The molecular weight excluding hydrogens is 142 g/mol. The van der Waals surface area contributed by atoms with Gasteiger partial charge in [0.05, 0.1) is 6.10 Å². The van der Waals surface area contributed by atoms with Crippen LogP contribution in [0, 0.1) is 0 Å². The van der Waals surface area contributed by atoms with E-state index in [0.717, 1.165) is 6.54 Å². The van der Waals surface area contributed by atoms with Gasteiger partial charge in [0, 0.05) is 12.7 Å². The third-order valence-corrected chi connectivity index (χ3v) is 1.44. The number of rotatable bonds is 3. The van der Waals surface area contributed by atoms with Crippen molar-refractivity contribution in [2.75, 3.05) is 5.73 Å². The molecule has 1 heterocycles. The van der Waals surface area contributed by atoms with Gasteiger partial charge in [-0.1, -0.05) is 0 Å². The Morgan fingerprint density at radius 1 is 1.82 bits per heavy atom. The zero-order valence-corrected chi connectivity index (χ0v) is 6.57. The molecule has 1 aromatic rings. The maximum atomic E-state index is 8.95. The van der Waals surface area contributed by atoms with Crippen LogP contribution in [-0.2, 0) is 6.54 Å². The second-order valence-electron chi connectivity index (χ2n) is 2.64. The van der Waals surface area contributed by atoms with E-state index in [0.29, 0.717) is 12.2 Å². The van der Waals surface area contributed by atoms with E-state index in [-0.39, 0.29) is 6.10 Å². The van der Waals surface area contributed by atoms with Crippen molar-refractivity contribution < 1.29 is 5.11 Å². The molecule has 0 unspecified atom stereocenters. The lowest BCUT2D eigenvalue weighted by Crippen LogP contribution is -2.07. The van der Waals surface area contributed by atoms with Crippen LogP contribution >= 0.6 is 0 Å². The molecule has 0 fully saturated rings. The number of aromatic nitrogens is 2. The highest BCUT2D eigenvalue weighted by Gasteiger charge is 1.97. The van der Waals surface area contributed by atoms with Gasteiger partial charge in [-0.25, -0.2) is 0 Å². The molecule has 1 atom stereocenters. The average Bonchev–Trinajstić information content (AvgIpc) is 2.31. The minimum Gasteiger partial charge on any atom is -0.393 e. The van der Waals surface area contributed by atoms with Crippen molar-refractivity contribution in [1.82, 2.24) is 9.78 Å². The fraction of sp³-hybridized carbons (Fsp3) is 0.571. The van der Waals surface area contributed by atoms with Gasteiger partial charge < -0.3 is 10.8 Å². The number of aryl methyl sites for hydroxylation is 1. The molecule has 1 aromatic heterocycles. The van der Waals surface area contributed by atoms with Gasteiger partial charge in [0.25, 0.3) is 0 Å². The molecule has 0 aliphatic heterocycles. The van der Waals surface area contributed by atoms with E-state index in [1.165, 1.54) is 0 Å². The monoisotopic (exact) mass is 155 g/mol. The zero-order valence-electron chi connectivity index (χ0n) is 6.57. The molecule has 0 bridgehead atoms. The largest absolute Gasteiger partial charge is 0.393 e. The Balaban J connectivity index is 2.39. The van der Waals surface area contributed by atoms with Crippen LogP contribution in [0.25, 0.3) is 0 Å². The van der Waals surface area contributed by atoms with E-state index in [9.17, 15) is 0 Å². The standard InChI is InChI=1S/C7H13N3O/c1-6(11)2-4-10-5-3-7(8)9-10/h3,5-6,11H,2,4H2,1H3,(H2,8,9)/t6-/m0/s1. The van der Waals surface area contributed by atoms with E-state index >= 15 is 0 Å². The SMILES string of the molecule is C[C@H](O)CCn1ccc(N)n1. The number of hydrogen-bond acceptors (Lipinski definition) is 3. The van der Waals surface area contributed by atoms with Crippen LogP contribution in [0.2, 0.25) is 0 Å². The molecule has 11 heavy (non-hydrogen) atoms. The average molecular weight is 155 g/mol. The van der Waals surface area contributed by atoms with Crippen LogP contribution in [0.5, 0.6) is 0 Å². The van der Waals surface area contributed by atoms with E-state index in [4.69, 9.17) is 10.8 Å². The Labute approximate surface area is 65.6 Å². The molecule has 0 aliphatic carbocycles. The number of aliphatic hydroxyl groups is 1. The molecule has 0 radical (unpaired) electrons. The molecule has 62 valence electrons. The first kappa shape index (κ1) is 8.07.